The van der Waals surface area contributed by atoms with E-state index in [-0.39, 0.29) is 0 Å². The Morgan fingerprint density at radius 1 is 1.16 bits per heavy atom. The van der Waals surface area contributed by atoms with Crippen molar-refractivity contribution in [2.75, 3.05) is 25.4 Å². The van der Waals surface area contributed by atoms with E-state index in [0.717, 1.165) is 21.9 Å². The van der Waals surface area contributed by atoms with Crippen molar-refractivity contribution in [1.29, 1.82) is 0 Å². The maximum absolute atomic E-state index is 4.59. The molecule has 0 aliphatic carbocycles. The van der Waals surface area contributed by atoms with Crippen molar-refractivity contribution in [1.82, 2.24) is 14.9 Å². The average molecular weight is 275 g/mol. The number of benzene rings is 1. The van der Waals surface area contributed by atoms with Gasteiger partial charge in [0.25, 0.3) is 0 Å². The Bertz CT molecular complexity index is 484. The molecule has 0 amide bonds. The Balaban J connectivity index is 1.44. The lowest BCUT2D eigenvalue weighted by atomic mass is 10.1. The van der Waals surface area contributed by atoms with Crippen LogP contribution in [0.15, 0.2) is 29.4 Å². The number of hydrogen-bond donors (Lipinski definition) is 1. The maximum atomic E-state index is 4.59. The van der Waals surface area contributed by atoms with Gasteiger partial charge in [-0.05, 0) is 51.0 Å². The first-order valence-electron chi connectivity index (χ1n) is 7.22. The van der Waals surface area contributed by atoms with Crippen LogP contribution >= 0.6 is 11.8 Å². The topological polar surface area (TPSA) is 31.9 Å². The summed E-state index contributed by atoms with van der Waals surface area (Å²) in [5, 5.41) is 1.06. The van der Waals surface area contributed by atoms with Crippen molar-refractivity contribution in [2.45, 2.75) is 30.8 Å². The molecule has 0 radical (unpaired) electrons. The minimum Gasteiger partial charge on any atom is -0.333 e. The van der Waals surface area contributed by atoms with Crippen LogP contribution in [0, 0.1) is 0 Å². The van der Waals surface area contributed by atoms with Gasteiger partial charge < -0.3 is 9.88 Å². The quantitative estimate of drug-likeness (QED) is 0.669. The molecule has 1 aliphatic heterocycles. The van der Waals surface area contributed by atoms with Gasteiger partial charge in [0, 0.05) is 5.75 Å². The lowest BCUT2D eigenvalue weighted by Crippen LogP contribution is -2.30. The highest BCUT2D eigenvalue weighted by molar-refractivity contribution is 7.99. The highest BCUT2D eigenvalue weighted by Crippen LogP contribution is 2.20. The molecule has 1 aromatic heterocycles. The average Bonchev–Trinajstić information content (AvgIpc) is 2.87. The molecule has 0 saturated carbocycles. The molecule has 0 spiro atoms. The molecule has 0 bridgehead atoms. The van der Waals surface area contributed by atoms with E-state index in [1.54, 1.807) is 0 Å². The number of aromatic nitrogens is 2. The van der Waals surface area contributed by atoms with Gasteiger partial charge in [0.15, 0.2) is 5.16 Å². The van der Waals surface area contributed by atoms with Crippen LogP contribution in [0.25, 0.3) is 11.0 Å². The molecule has 1 aliphatic rings. The van der Waals surface area contributed by atoms with Crippen LogP contribution in [0.1, 0.15) is 25.7 Å². The molecule has 1 saturated heterocycles. The van der Waals surface area contributed by atoms with Crippen LogP contribution in [-0.4, -0.2) is 40.3 Å². The summed E-state index contributed by atoms with van der Waals surface area (Å²) in [5.41, 5.74) is 2.21. The number of imidazole rings is 1. The molecule has 2 heterocycles. The van der Waals surface area contributed by atoms with Crippen molar-refractivity contribution >= 4 is 22.8 Å². The van der Waals surface area contributed by atoms with Crippen LogP contribution in [0.5, 0.6) is 0 Å². The van der Waals surface area contributed by atoms with Gasteiger partial charge in [-0.3, -0.25) is 0 Å². The number of aromatic amines is 1. The Labute approximate surface area is 118 Å². The van der Waals surface area contributed by atoms with E-state index in [1.165, 1.54) is 45.3 Å². The summed E-state index contributed by atoms with van der Waals surface area (Å²) in [5.74, 6) is 1.15. The number of rotatable bonds is 5. The number of nitrogens with zero attached hydrogens (tertiary/aromatic N) is 2. The van der Waals surface area contributed by atoms with Crippen LogP contribution in [-0.2, 0) is 0 Å². The summed E-state index contributed by atoms with van der Waals surface area (Å²) in [6, 6.07) is 8.23. The van der Waals surface area contributed by atoms with Crippen molar-refractivity contribution in [3.63, 3.8) is 0 Å². The predicted molar refractivity (Wildman–Crippen MR) is 81.7 cm³/mol. The summed E-state index contributed by atoms with van der Waals surface area (Å²) < 4.78 is 0. The first-order valence-corrected chi connectivity index (χ1v) is 8.20. The third-order valence-corrected chi connectivity index (χ3v) is 4.63. The monoisotopic (exact) mass is 275 g/mol. The smallest absolute Gasteiger partial charge is 0.166 e. The van der Waals surface area contributed by atoms with Gasteiger partial charge in [-0.2, -0.15) is 0 Å². The molecule has 1 fully saturated rings. The molecule has 1 aromatic carbocycles. The Kier molecular flexibility index (Phi) is 4.41. The molecular formula is C15H21N3S. The van der Waals surface area contributed by atoms with Crippen LogP contribution in [0.2, 0.25) is 0 Å². The molecule has 3 nitrogen and oxygen atoms in total. The highest BCUT2D eigenvalue weighted by atomic mass is 32.2. The van der Waals surface area contributed by atoms with Crippen molar-refractivity contribution in [3.8, 4) is 0 Å². The molecule has 4 heteroatoms. The van der Waals surface area contributed by atoms with Gasteiger partial charge in [0.05, 0.1) is 11.0 Å². The predicted octanol–water partition coefficient (Wildman–Crippen LogP) is 3.53. The van der Waals surface area contributed by atoms with Crippen LogP contribution in [0.4, 0.5) is 0 Å². The van der Waals surface area contributed by atoms with E-state index in [0.29, 0.717) is 0 Å². The Morgan fingerprint density at radius 3 is 2.84 bits per heavy atom. The fourth-order valence-corrected chi connectivity index (χ4v) is 3.45. The summed E-state index contributed by atoms with van der Waals surface area (Å²) in [6.45, 7) is 3.85. The van der Waals surface area contributed by atoms with E-state index >= 15 is 0 Å². The van der Waals surface area contributed by atoms with Gasteiger partial charge in [0.2, 0.25) is 0 Å². The molecule has 2 aromatic rings. The van der Waals surface area contributed by atoms with Gasteiger partial charge >= 0.3 is 0 Å². The summed E-state index contributed by atoms with van der Waals surface area (Å²) in [6.07, 6.45) is 5.44. The van der Waals surface area contributed by atoms with Crippen molar-refractivity contribution in [2.24, 2.45) is 0 Å². The Hall–Kier alpha value is -1.00. The molecule has 0 atom stereocenters. The number of nitrogens with one attached hydrogen (secondary N) is 1. The minimum atomic E-state index is 1.06. The number of para-hydroxylation sites is 2. The van der Waals surface area contributed by atoms with Crippen molar-refractivity contribution in [3.05, 3.63) is 24.3 Å². The maximum Gasteiger partial charge on any atom is 0.166 e. The number of H-pyrrole nitrogens is 1. The van der Waals surface area contributed by atoms with Crippen LogP contribution in [0.3, 0.4) is 0 Å². The SMILES string of the molecule is c1ccc2[nH]c(SCCCN3CCCCC3)nc2c1. The first kappa shape index (κ1) is 13.0. The third-order valence-electron chi connectivity index (χ3n) is 3.67. The van der Waals surface area contributed by atoms with E-state index in [9.17, 15) is 0 Å². The fourth-order valence-electron chi connectivity index (χ4n) is 2.64. The largest absolute Gasteiger partial charge is 0.333 e. The number of hydrogen-bond acceptors (Lipinski definition) is 3. The lowest BCUT2D eigenvalue weighted by Gasteiger charge is -2.26. The van der Waals surface area contributed by atoms with Crippen molar-refractivity contribution < 1.29 is 0 Å². The molecule has 19 heavy (non-hydrogen) atoms. The normalized spacial score (nSPS) is 17.1. The summed E-state index contributed by atoms with van der Waals surface area (Å²) in [4.78, 5) is 10.6. The minimum absolute atomic E-state index is 1.06. The fraction of sp³-hybridized carbons (Fsp3) is 0.533. The zero-order valence-electron chi connectivity index (χ0n) is 11.3. The summed E-state index contributed by atoms with van der Waals surface area (Å²) in [7, 11) is 0. The van der Waals surface area contributed by atoms with Gasteiger partial charge in [-0.15, -0.1) is 0 Å². The van der Waals surface area contributed by atoms with Gasteiger partial charge in [-0.25, -0.2) is 4.98 Å². The standard InChI is InChI=1S/C15H21N3S/c1-4-9-18(10-5-1)11-6-12-19-15-16-13-7-2-3-8-14(13)17-15/h2-3,7-8H,1,4-6,9-12H2,(H,16,17). The second-order valence-electron chi connectivity index (χ2n) is 5.16. The second-order valence-corrected chi connectivity index (χ2v) is 6.25. The number of likely N-dealkylation sites (tertiary alicyclic amines) is 1. The molecular weight excluding hydrogens is 254 g/mol. The van der Waals surface area contributed by atoms with E-state index in [4.69, 9.17) is 0 Å². The number of thioether (sulfide) groups is 1. The first-order chi connectivity index (χ1) is 9.42. The molecule has 3 rings (SSSR count). The summed E-state index contributed by atoms with van der Waals surface area (Å²) >= 11 is 1.84. The van der Waals surface area contributed by atoms with Gasteiger partial charge in [-0.1, -0.05) is 30.3 Å². The lowest BCUT2D eigenvalue weighted by molar-refractivity contribution is 0.230. The van der Waals surface area contributed by atoms with Gasteiger partial charge in [0.1, 0.15) is 0 Å². The zero-order chi connectivity index (χ0) is 12.9. The number of piperidine rings is 1. The van der Waals surface area contributed by atoms with E-state index in [1.807, 2.05) is 23.9 Å². The van der Waals surface area contributed by atoms with E-state index in [2.05, 4.69) is 27.0 Å². The van der Waals surface area contributed by atoms with Crippen LogP contribution < -0.4 is 0 Å². The second kappa shape index (κ2) is 6.44. The zero-order valence-corrected chi connectivity index (χ0v) is 12.1. The molecule has 1 N–H and O–H groups in total. The number of fused-ring (bicyclic) bond motifs is 1. The third kappa shape index (κ3) is 3.51. The Morgan fingerprint density at radius 2 is 2.00 bits per heavy atom. The highest BCUT2D eigenvalue weighted by Gasteiger charge is 2.09. The molecule has 0 unspecified atom stereocenters. The van der Waals surface area contributed by atoms with E-state index < -0.39 is 0 Å². The molecule has 102 valence electrons.